The molecule has 1 aromatic heterocycles. The third-order valence-electron chi connectivity index (χ3n) is 4.95. The Morgan fingerprint density at radius 2 is 1.96 bits per heavy atom. The SMILES string of the molecule is Cc1cc(C)cc(-c2nnc(SCC(=O)N(C3=CCCCC3)C3CC3)o2)c1. The van der Waals surface area contributed by atoms with Crippen molar-refractivity contribution in [2.75, 3.05) is 5.75 Å². The first-order valence-corrected chi connectivity index (χ1v) is 10.6. The van der Waals surface area contributed by atoms with Gasteiger partial charge < -0.3 is 9.32 Å². The molecule has 2 aliphatic rings. The van der Waals surface area contributed by atoms with Crippen LogP contribution in [0, 0.1) is 13.8 Å². The number of hydrogen-bond donors (Lipinski definition) is 0. The fourth-order valence-corrected chi connectivity index (χ4v) is 4.27. The van der Waals surface area contributed by atoms with Crippen molar-refractivity contribution in [1.82, 2.24) is 15.1 Å². The first-order chi connectivity index (χ1) is 13.1. The van der Waals surface area contributed by atoms with E-state index in [0.29, 0.717) is 22.9 Å². The Balaban J connectivity index is 1.42. The number of aryl methyl sites for hydroxylation is 2. The molecule has 0 spiro atoms. The van der Waals surface area contributed by atoms with Gasteiger partial charge in [-0.05, 0) is 64.5 Å². The average molecular weight is 384 g/mol. The molecule has 0 aliphatic heterocycles. The predicted molar refractivity (Wildman–Crippen MR) is 106 cm³/mol. The number of aromatic nitrogens is 2. The molecule has 0 atom stereocenters. The highest BCUT2D eigenvalue weighted by Crippen LogP contribution is 2.34. The summed E-state index contributed by atoms with van der Waals surface area (Å²) in [5.74, 6) is 0.995. The maximum Gasteiger partial charge on any atom is 0.277 e. The fourth-order valence-electron chi connectivity index (χ4n) is 3.65. The zero-order valence-electron chi connectivity index (χ0n) is 15.9. The van der Waals surface area contributed by atoms with Crippen LogP contribution >= 0.6 is 11.8 Å². The summed E-state index contributed by atoms with van der Waals surface area (Å²) in [6.07, 6.45) is 8.99. The van der Waals surface area contributed by atoms with E-state index in [2.05, 4.69) is 22.3 Å². The van der Waals surface area contributed by atoms with E-state index in [1.807, 2.05) is 30.9 Å². The Morgan fingerprint density at radius 1 is 1.19 bits per heavy atom. The lowest BCUT2D eigenvalue weighted by molar-refractivity contribution is -0.127. The molecule has 1 aromatic carbocycles. The number of rotatable bonds is 6. The summed E-state index contributed by atoms with van der Waals surface area (Å²) in [6, 6.07) is 6.58. The number of allylic oxidation sites excluding steroid dienone is 2. The van der Waals surface area contributed by atoms with Gasteiger partial charge in [0.15, 0.2) is 0 Å². The molecular weight excluding hydrogens is 358 g/mol. The summed E-state index contributed by atoms with van der Waals surface area (Å²) >= 11 is 1.33. The molecule has 27 heavy (non-hydrogen) atoms. The van der Waals surface area contributed by atoms with Crippen molar-refractivity contribution in [2.24, 2.45) is 0 Å². The highest BCUT2D eigenvalue weighted by atomic mass is 32.2. The zero-order valence-corrected chi connectivity index (χ0v) is 16.7. The maximum absolute atomic E-state index is 12.8. The number of hydrogen-bond acceptors (Lipinski definition) is 5. The number of carbonyl (C=O) groups is 1. The minimum atomic E-state index is 0.154. The second-order valence-corrected chi connectivity index (χ2v) is 8.40. The second-order valence-electron chi connectivity index (χ2n) is 7.47. The van der Waals surface area contributed by atoms with Gasteiger partial charge in [0.25, 0.3) is 5.22 Å². The molecule has 2 aliphatic carbocycles. The fraction of sp³-hybridized carbons (Fsp3) is 0.476. The van der Waals surface area contributed by atoms with Crippen molar-refractivity contribution < 1.29 is 9.21 Å². The number of benzene rings is 1. The monoisotopic (exact) mass is 383 g/mol. The quantitative estimate of drug-likeness (QED) is 0.664. The minimum Gasteiger partial charge on any atom is -0.411 e. The van der Waals surface area contributed by atoms with Crippen LogP contribution in [0.3, 0.4) is 0 Å². The van der Waals surface area contributed by atoms with Crippen LogP contribution < -0.4 is 0 Å². The lowest BCUT2D eigenvalue weighted by atomic mass is 10.0. The van der Waals surface area contributed by atoms with Crippen molar-refractivity contribution in [1.29, 1.82) is 0 Å². The molecule has 0 saturated heterocycles. The van der Waals surface area contributed by atoms with Crippen molar-refractivity contribution in [3.8, 4) is 11.5 Å². The molecule has 6 heteroatoms. The lowest BCUT2D eigenvalue weighted by Gasteiger charge is -2.27. The molecule has 0 bridgehead atoms. The Hall–Kier alpha value is -2.08. The van der Waals surface area contributed by atoms with Gasteiger partial charge in [0.2, 0.25) is 11.8 Å². The summed E-state index contributed by atoms with van der Waals surface area (Å²) in [5, 5.41) is 8.72. The molecule has 1 heterocycles. The van der Waals surface area contributed by atoms with E-state index in [-0.39, 0.29) is 5.91 Å². The van der Waals surface area contributed by atoms with Crippen LogP contribution in [0.15, 0.2) is 39.6 Å². The molecule has 0 N–H and O–H groups in total. The highest BCUT2D eigenvalue weighted by molar-refractivity contribution is 7.99. The van der Waals surface area contributed by atoms with E-state index in [1.165, 1.54) is 30.3 Å². The third kappa shape index (κ3) is 4.43. The van der Waals surface area contributed by atoms with Crippen molar-refractivity contribution in [2.45, 2.75) is 63.6 Å². The van der Waals surface area contributed by atoms with Gasteiger partial charge in [0, 0.05) is 17.3 Å². The van der Waals surface area contributed by atoms with E-state index < -0.39 is 0 Å². The van der Waals surface area contributed by atoms with Gasteiger partial charge >= 0.3 is 0 Å². The van der Waals surface area contributed by atoms with Gasteiger partial charge in [-0.25, -0.2) is 0 Å². The number of amides is 1. The molecule has 0 unspecified atom stereocenters. The highest BCUT2D eigenvalue weighted by Gasteiger charge is 2.35. The smallest absolute Gasteiger partial charge is 0.277 e. The second kappa shape index (κ2) is 7.89. The number of thioether (sulfide) groups is 1. The normalized spacial score (nSPS) is 16.9. The Bertz CT molecular complexity index is 850. The summed E-state index contributed by atoms with van der Waals surface area (Å²) in [7, 11) is 0. The Labute approximate surface area is 164 Å². The molecule has 4 rings (SSSR count). The molecular formula is C21H25N3O2S. The van der Waals surface area contributed by atoms with Gasteiger partial charge in [-0.3, -0.25) is 4.79 Å². The predicted octanol–water partition coefficient (Wildman–Crippen LogP) is 4.89. The zero-order chi connectivity index (χ0) is 18.8. The Morgan fingerprint density at radius 3 is 2.63 bits per heavy atom. The van der Waals surface area contributed by atoms with Crippen molar-refractivity contribution >= 4 is 17.7 Å². The van der Waals surface area contributed by atoms with Gasteiger partial charge in [-0.1, -0.05) is 35.0 Å². The third-order valence-corrected chi connectivity index (χ3v) is 5.75. The summed E-state index contributed by atoms with van der Waals surface area (Å²) < 4.78 is 5.79. The first kappa shape index (κ1) is 18.3. The van der Waals surface area contributed by atoms with E-state index >= 15 is 0 Å². The number of nitrogens with zero attached hydrogens (tertiary/aromatic N) is 3. The van der Waals surface area contributed by atoms with Crippen LogP contribution in [0.2, 0.25) is 0 Å². The Kier molecular flexibility index (Phi) is 5.34. The summed E-state index contributed by atoms with van der Waals surface area (Å²) in [6.45, 7) is 4.10. The van der Waals surface area contributed by atoms with Crippen LogP contribution in [-0.2, 0) is 4.79 Å². The minimum absolute atomic E-state index is 0.154. The van der Waals surface area contributed by atoms with E-state index in [4.69, 9.17) is 4.42 Å². The van der Waals surface area contributed by atoms with Crippen LogP contribution in [0.1, 0.15) is 49.7 Å². The van der Waals surface area contributed by atoms with E-state index in [1.54, 1.807) is 0 Å². The van der Waals surface area contributed by atoms with Crippen molar-refractivity contribution in [3.05, 3.63) is 41.1 Å². The standard InChI is InChI=1S/C21H25N3O2S/c1-14-10-15(2)12-16(11-14)20-22-23-21(26-20)27-13-19(25)24(18-8-9-18)17-6-4-3-5-7-17/h6,10-12,18H,3-5,7-9,13H2,1-2H3. The van der Waals surface area contributed by atoms with Gasteiger partial charge in [0.05, 0.1) is 5.75 Å². The van der Waals surface area contributed by atoms with E-state index in [0.717, 1.165) is 42.4 Å². The van der Waals surface area contributed by atoms with Crippen LogP contribution in [0.25, 0.3) is 11.5 Å². The summed E-state index contributed by atoms with van der Waals surface area (Å²) in [5.41, 5.74) is 4.46. The van der Waals surface area contributed by atoms with Crippen LogP contribution in [0.4, 0.5) is 0 Å². The maximum atomic E-state index is 12.8. The molecule has 5 nitrogen and oxygen atoms in total. The average Bonchev–Trinajstić information content (AvgIpc) is 3.36. The lowest BCUT2D eigenvalue weighted by Crippen LogP contribution is -2.34. The summed E-state index contributed by atoms with van der Waals surface area (Å²) in [4.78, 5) is 14.9. The molecule has 142 valence electrons. The molecule has 1 amide bonds. The molecule has 1 saturated carbocycles. The van der Waals surface area contributed by atoms with Crippen LogP contribution in [-0.4, -0.2) is 32.8 Å². The van der Waals surface area contributed by atoms with Gasteiger partial charge in [-0.15, -0.1) is 10.2 Å². The molecule has 1 fully saturated rings. The topological polar surface area (TPSA) is 59.2 Å². The molecule has 2 aromatic rings. The molecule has 0 radical (unpaired) electrons. The van der Waals surface area contributed by atoms with Gasteiger partial charge in [0.1, 0.15) is 0 Å². The van der Waals surface area contributed by atoms with Gasteiger partial charge in [-0.2, -0.15) is 0 Å². The van der Waals surface area contributed by atoms with E-state index in [9.17, 15) is 4.79 Å². The van der Waals surface area contributed by atoms with Crippen molar-refractivity contribution in [3.63, 3.8) is 0 Å². The van der Waals surface area contributed by atoms with Crippen LogP contribution in [0.5, 0.6) is 0 Å². The number of carbonyl (C=O) groups excluding carboxylic acids is 1. The largest absolute Gasteiger partial charge is 0.411 e. The first-order valence-electron chi connectivity index (χ1n) is 9.66.